The maximum absolute atomic E-state index is 12.7. The number of benzene rings is 2. The van der Waals surface area contributed by atoms with E-state index >= 15 is 0 Å². The average Bonchev–Trinajstić information content (AvgIpc) is 3.05. The number of hydrogen-bond donors (Lipinski definition) is 1. The van der Waals surface area contributed by atoms with E-state index in [9.17, 15) is 4.79 Å². The van der Waals surface area contributed by atoms with Crippen LogP contribution in [0.15, 0.2) is 66.9 Å². The van der Waals surface area contributed by atoms with Crippen LogP contribution in [0.2, 0.25) is 0 Å². The van der Waals surface area contributed by atoms with E-state index in [-0.39, 0.29) is 5.91 Å². The Kier molecular flexibility index (Phi) is 3.97. The molecule has 26 heavy (non-hydrogen) atoms. The fourth-order valence-corrected chi connectivity index (χ4v) is 2.94. The van der Waals surface area contributed by atoms with Gasteiger partial charge in [-0.05, 0) is 43.7 Å². The molecule has 0 radical (unpaired) electrons. The summed E-state index contributed by atoms with van der Waals surface area (Å²) < 4.78 is 1.69. The van der Waals surface area contributed by atoms with Gasteiger partial charge in [0.2, 0.25) is 0 Å². The van der Waals surface area contributed by atoms with E-state index < -0.39 is 0 Å². The van der Waals surface area contributed by atoms with Gasteiger partial charge >= 0.3 is 0 Å². The maximum Gasteiger partial charge on any atom is 0.259 e. The van der Waals surface area contributed by atoms with Crippen LogP contribution in [0.4, 0.5) is 5.69 Å². The highest BCUT2D eigenvalue weighted by Gasteiger charge is 2.16. The van der Waals surface area contributed by atoms with E-state index in [0.717, 1.165) is 27.8 Å². The Bertz CT molecular complexity index is 1110. The minimum atomic E-state index is -0.177. The number of carbonyl (C=O) groups excluding carboxylic acids is 1. The second-order valence-electron chi connectivity index (χ2n) is 6.19. The molecule has 0 saturated carbocycles. The molecular formula is C21H18N4O. The highest BCUT2D eigenvalue weighted by molar-refractivity contribution is 6.05. The van der Waals surface area contributed by atoms with E-state index in [1.165, 1.54) is 0 Å². The van der Waals surface area contributed by atoms with E-state index in [4.69, 9.17) is 0 Å². The smallest absolute Gasteiger partial charge is 0.259 e. The Hall–Kier alpha value is -3.47. The van der Waals surface area contributed by atoms with Gasteiger partial charge in [-0.15, -0.1) is 0 Å². The molecule has 0 fully saturated rings. The number of nitrogens with one attached hydrogen (secondary N) is 1. The van der Waals surface area contributed by atoms with Gasteiger partial charge in [-0.25, -0.2) is 9.67 Å². The van der Waals surface area contributed by atoms with Crippen LogP contribution < -0.4 is 5.32 Å². The van der Waals surface area contributed by atoms with Crippen molar-refractivity contribution in [2.75, 3.05) is 5.32 Å². The van der Waals surface area contributed by atoms with E-state index in [2.05, 4.69) is 15.4 Å². The monoisotopic (exact) mass is 342 g/mol. The number of carbonyl (C=O) groups is 1. The summed E-state index contributed by atoms with van der Waals surface area (Å²) in [5.74, 6) is 0.514. The summed E-state index contributed by atoms with van der Waals surface area (Å²) in [5.41, 5.74) is 3.99. The summed E-state index contributed by atoms with van der Waals surface area (Å²) in [7, 11) is 0. The van der Waals surface area contributed by atoms with Crippen molar-refractivity contribution in [2.24, 2.45) is 0 Å². The Morgan fingerprint density at radius 2 is 1.73 bits per heavy atom. The number of anilines is 1. The molecule has 2 heterocycles. The van der Waals surface area contributed by atoms with E-state index in [1.54, 1.807) is 10.9 Å². The molecule has 1 amide bonds. The van der Waals surface area contributed by atoms with Gasteiger partial charge in [0.15, 0.2) is 5.82 Å². The number of rotatable bonds is 3. The Morgan fingerprint density at radius 3 is 2.58 bits per heavy atom. The van der Waals surface area contributed by atoms with Crippen LogP contribution in [0.25, 0.3) is 16.7 Å². The fraction of sp³-hybridized carbons (Fsp3) is 0.0952. The van der Waals surface area contributed by atoms with Gasteiger partial charge in [0, 0.05) is 11.1 Å². The molecular weight excluding hydrogens is 324 g/mol. The summed E-state index contributed by atoms with van der Waals surface area (Å²) in [6.45, 7) is 3.83. The molecule has 5 heteroatoms. The lowest BCUT2D eigenvalue weighted by molar-refractivity contribution is 0.102. The second-order valence-corrected chi connectivity index (χ2v) is 6.19. The molecule has 4 rings (SSSR count). The van der Waals surface area contributed by atoms with Crippen molar-refractivity contribution >= 4 is 22.5 Å². The molecule has 0 saturated heterocycles. The lowest BCUT2D eigenvalue weighted by Gasteiger charge is -2.08. The van der Waals surface area contributed by atoms with Gasteiger partial charge in [0.25, 0.3) is 5.91 Å². The molecule has 0 atom stereocenters. The van der Waals surface area contributed by atoms with Gasteiger partial charge in [0.05, 0.1) is 23.0 Å². The molecule has 0 aliphatic heterocycles. The van der Waals surface area contributed by atoms with Gasteiger partial charge < -0.3 is 5.32 Å². The highest BCUT2D eigenvalue weighted by atomic mass is 16.1. The third-order valence-electron chi connectivity index (χ3n) is 4.45. The van der Waals surface area contributed by atoms with Crippen LogP contribution in [-0.2, 0) is 0 Å². The Labute approximate surface area is 151 Å². The Morgan fingerprint density at radius 1 is 0.962 bits per heavy atom. The van der Waals surface area contributed by atoms with Crippen LogP contribution in [0.3, 0.4) is 0 Å². The van der Waals surface area contributed by atoms with Crippen molar-refractivity contribution in [3.8, 4) is 5.82 Å². The zero-order valence-electron chi connectivity index (χ0n) is 14.6. The number of pyridine rings is 1. The van der Waals surface area contributed by atoms with Gasteiger partial charge in [-0.2, -0.15) is 5.10 Å². The molecule has 0 aliphatic carbocycles. The molecule has 0 spiro atoms. The van der Waals surface area contributed by atoms with Crippen molar-refractivity contribution < 1.29 is 4.79 Å². The SMILES string of the molecule is Cc1ccccc1NC(=O)c1cnn(-c2ccc3ccccc3n2)c1C. The van der Waals surface area contributed by atoms with Crippen molar-refractivity contribution in [3.05, 3.63) is 83.7 Å². The first-order valence-corrected chi connectivity index (χ1v) is 8.41. The number of fused-ring (bicyclic) bond motifs is 1. The summed E-state index contributed by atoms with van der Waals surface area (Å²) in [6.07, 6.45) is 1.58. The topological polar surface area (TPSA) is 59.8 Å². The zero-order valence-corrected chi connectivity index (χ0v) is 14.6. The van der Waals surface area contributed by atoms with Crippen molar-refractivity contribution in [2.45, 2.75) is 13.8 Å². The lowest BCUT2D eigenvalue weighted by Crippen LogP contribution is -2.14. The van der Waals surface area contributed by atoms with Crippen molar-refractivity contribution in [1.82, 2.24) is 14.8 Å². The molecule has 1 N–H and O–H groups in total. The first kappa shape index (κ1) is 16.0. The van der Waals surface area contributed by atoms with E-state index in [1.807, 2.05) is 74.5 Å². The normalized spacial score (nSPS) is 10.8. The predicted octanol–water partition coefficient (Wildman–Crippen LogP) is 4.29. The quantitative estimate of drug-likeness (QED) is 0.604. The molecule has 128 valence electrons. The minimum Gasteiger partial charge on any atom is -0.322 e. The molecule has 0 unspecified atom stereocenters. The number of amides is 1. The summed E-state index contributed by atoms with van der Waals surface area (Å²) in [6, 6.07) is 19.5. The fourth-order valence-electron chi connectivity index (χ4n) is 2.94. The Balaban J connectivity index is 1.67. The first-order chi connectivity index (χ1) is 12.6. The third-order valence-corrected chi connectivity index (χ3v) is 4.45. The number of nitrogens with zero attached hydrogens (tertiary/aromatic N) is 3. The largest absolute Gasteiger partial charge is 0.322 e. The predicted molar refractivity (Wildman–Crippen MR) is 103 cm³/mol. The van der Waals surface area contributed by atoms with Gasteiger partial charge in [0.1, 0.15) is 0 Å². The highest BCUT2D eigenvalue weighted by Crippen LogP contribution is 2.19. The molecule has 5 nitrogen and oxygen atoms in total. The van der Waals surface area contributed by atoms with Crippen molar-refractivity contribution in [1.29, 1.82) is 0 Å². The second kappa shape index (κ2) is 6.44. The van der Waals surface area contributed by atoms with Crippen LogP contribution in [0, 0.1) is 13.8 Å². The number of aryl methyl sites for hydroxylation is 1. The lowest BCUT2D eigenvalue weighted by atomic mass is 10.2. The van der Waals surface area contributed by atoms with Crippen molar-refractivity contribution in [3.63, 3.8) is 0 Å². The van der Waals surface area contributed by atoms with Crippen LogP contribution >= 0.6 is 0 Å². The average molecular weight is 342 g/mol. The van der Waals surface area contributed by atoms with Crippen LogP contribution in [-0.4, -0.2) is 20.7 Å². The number of para-hydroxylation sites is 2. The zero-order chi connectivity index (χ0) is 18.1. The molecule has 0 bridgehead atoms. The van der Waals surface area contributed by atoms with E-state index in [0.29, 0.717) is 11.4 Å². The summed E-state index contributed by atoms with van der Waals surface area (Å²) >= 11 is 0. The summed E-state index contributed by atoms with van der Waals surface area (Å²) in [5, 5.41) is 8.39. The van der Waals surface area contributed by atoms with Crippen LogP contribution in [0.5, 0.6) is 0 Å². The molecule has 0 aliphatic rings. The number of aromatic nitrogens is 3. The van der Waals surface area contributed by atoms with Gasteiger partial charge in [-0.3, -0.25) is 4.79 Å². The summed E-state index contributed by atoms with van der Waals surface area (Å²) in [4.78, 5) is 17.3. The molecule has 2 aromatic carbocycles. The molecule has 4 aromatic rings. The van der Waals surface area contributed by atoms with Gasteiger partial charge in [-0.1, -0.05) is 36.4 Å². The third kappa shape index (κ3) is 2.84. The minimum absolute atomic E-state index is 0.177. The maximum atomic E-state index is 12.7. The van der Waals surface area contributed by atoms with Crippen LogP contribution in [0.1, 0.15) is 21.6 Å². The number of hydrogen-bond acceptors (Lipinski definition) is 3. The molecule has 2 aromatic heterocycles. The standard InChI is InChI=1S/C21H18N4O/c1-14-7-3-5-9-18(14)24-21(26)17-13-22-25(15(17)2)20-12-11-16-8-4-6-10-19(16)23-20/h3-13H,1-2H3,(H,24,26). The first-order valence-electron chi connectivity index (χ1n) is 8.41.